The number of anilines is 1. The highest BCUT2D eigenvalue weighted by molar-refractivity contribution is 5.73. The number of aromatic nitrogens is 1. The van der Waals surface area contributed by atoms with Gasteiger partial charge < -0.3 is 14.5 Å². The monoisotopic (exact) mass is 289 g/mol. The standard InChI is InChI=1S/C16H23N3O2/c1-13(20)19-6-5-14(12-19)11-15-3-2-4-16(17-15)18-7-9-21-10-8-18/h2-4,14H,5-12H2,1H3. The first-order valence-electron chi connectivity index (χ1n) is 7.76. The van der Waals surface area contributed by atoms with E-state index in [0.29, 0.717) is 5.92 Å². The van der Waals surface area contributed by atoms with Gasteiger partial charge in [-0.05, 0) is 30.9 Å². The van der Waals surface area contributed by atoms with Gasteiger partial charge >= 0.3 is 0 Å². The second-order valence-electron chi connectivity index (χ2n) is 5.91. The molecular weight excluding hydrogens is 266 g/mol. The highest BCUT2D eigenvalue weighted by Gasteiger charge is 2.24. The van der Waals surface area contributed by atoms with E-state index in [0.717, 1.165) is 63.7 Å². The van der Waals surface area contributed by atoms with Crippen molar-refractivity contribution in [2.24, 2.45) is 5.92 Å². The number of amides is 1. The zero-order valence-corrected chi connectivity index (χ0v) is 12.6. The third-order valence-corrected chi connectivity index (χ3v) is 4.36. The SMILES string of the molecule is CC(=O)N1CCC(Cc2cccc(N3CCOCC3)n2)C1. The van der Waals surface area contributed by atoms with Crippen molar-refractivity contribution >= 4 is 11.7 Å². The minimum Gasteiger partial charge on any atom is -0.378 e. The third kappa shape index (κ3) is 3.53. The number of likely N-dealkylation sites (tertiary alicyclic amines) is 1. The lowest BCUT2D eigenvalue weighted by molar-refractivity contribution is -0.127. The van der Waals surface area contributed by atoms with E-state index in [9.17, 15) is 4.79 Å². The molecule has 0 radical (unpaired) electrons. The van der Waals surface area contributed by atoms with Gasteiger partial charge in [0, 0.05) is 38.8 Å². The van der Waals surface area contributed by atoms with Gasteiger partial charge in [0.1, 0.15) is 5.82 Å². The fourth-order valence-electron chi connectivity index (χ4n) is 3.13. The normalized spacial score (nSPS) is 22.6. The van der Waals surface area contributed by atoms with Crippen molar-refractivity contribution in [3.05, 3.63) is 23.9 Å². The predicted molar refractivity (Wildman–Crippen MR) is 81.3 cm³/mol. The van der Waals surface area contributed by atoms with Gasteiger partial charge in [0.15, 0.2) is 0 Å². The third-order valence-electron chi connectivity index (χ3n) is 4.36. The summed E-state index contributed by atoms with van der Waals surface area (Å²) in [6.45, 7) is 6.81. The van der Waals surface area contributed by atoms with Crippen LogP contribution < -0.4 is 4.90 Å². The Kier molecular flexibility index (Phi) is 4.39. The van der Waals surface area contributed by atoms with Crippen molar-refractivity contribution in [3.8, 4) is 0 Å². The number of pyridine rings is 1. The quantitative estimate of drug-likeness (QED) is 0.842. The van der Waals surface area contributed by atoms with Crippen molar-refractivity contribution in [3.63, 3.8) is 0 Å². The first kappa shape index (κ1) is 14.3. The average Bonchev–Trinajstić information content (AvgIpc) is 2.97. The number of hydrogen-bond acceptors (Lipinski definition) is 4. The summed E-state index contributed by atoms with van der Waals surface area (Å²) in [4.78, 5) is 20.4. The van der Waals surface area contributed by atoms with Crippen LogP contribution in [-0.4, -0.2) is 55.2 Å². The van der Waals surface area contributed by atoms with E-state index >= 15 is 0 Å². The molecule has 114 valence electrons. The van der Waals surface area contributed by atoms with Gasteiger partial charge in [-0.1, -0.05) is 6.07 Å². The summed E-state index contributed by atoms with van der Waals surface area (Å²) < 4.78 is 5.39. The summed E-state index contributed by atoms with van der Waals surface area (Å²) in [6, 6.07) is 6.26. The van der Waals surface area contributed by atoms with Crippen molar-refractivity contribution < 1.29 is 9.53 Å². The summed E-state index contributed by atoms with van der Waals surface area (Å²) >= 11 is 0. The van der Waals surface area contributed by atoms with Crippen LogP contribution in [0.5, 0.6) is 0 Å². The average molecular weight is 289 g/mol. The topological polar surface area (TPSA) is 45.7 Å². The molecule has 0 spiro atoms. The molecule has 0 aliphatic carbocycles. The molecule has 2 aliphatic heterocycles. The van der Waals surface area contributed by atoms with Gasteiger partial charge in [0.05, 0.1) is 13.2 Å². The Morgan fingerprint density at radius 1 is 1.33 bits per heavy atom. The minimum absolute atomic E-state index is 0.188. The fourth-order valence-corrected chi connectivity index (χ4v) is 3.13. The molecule has 3 rings (SSSR count). The van der Waals surface area contributed by atoms with Crippen LogP contribution >= 0.6 is 0 Å². The Labute approximate surface area is 125 Å². The van der Waals surface area contributed by atoms with E-state index in [1.807, 2.05) is 4.90 Å². The summed E-state index contributed by atoms with van der Waals surface area (Å²) in [5.74, 6) is 1.78. The van der Waals surface area contributed by atoms with Crippen LogP contribution in [0.1, 0.15) is 19.0 Å². The van der Waals surface area contributed by atoms with E-state index in [-0.39, 0.29) is 5.91 Å². The van der Waals surface area contributed by atoms with E-state index < -0.39 is 0 Å². The zero-order valence-electron chi connectivity index (χ0n) is 12.6. The molecule has 5 nitrogen and oxygen atoms in total. The van der Waals surface area contributed by atoms with Crippen molar-refractivity contribution in [1.82, 2.24) is 9.88 Å². The van der Waals surface area contributed by atoms with Gasteiger partial charge in [0.2, 0.25) is 5.91 Å². The maximum atomic E-state index is 11.4. The van der Waals surface area contributed by atoms with Gasteiger partial charge in [-0.2, -0.15) is 0 Å². The molecule has 1 aromatic heterocycles. The second-order valence-corrected chi connectivity index (χ2v) is 5.91. The first-order chi connectivity index (χ1) is 10.2. The van der Waals surface area contributed by atoms with Crippen LogP contribution in [0.4, 0.5) is 5.82 Å². The first-order valence-corrected chi connectivity index (χ1v) is 7.76. The largest absolute Gasteiger partial charge is 0.378 e. The molecule has 0 aromatic carbocycles. The number of hydrogen-bond donors (Lipinski definition) is 0. The number of carbonyl (C=O) groups excluding carboxylic acids is 1. The number of rotatable bonds is 3. The van der Waals surface area contributed by atoms with Crippen LogP contribution in [0, 0.1) is 5.92 Å². The maximum Gasteiger partial charge on any atom is 0.219 e. The molecule has 2 fully saturated rings. The highest BCUT2D eigenvalue weighted by Crippen LogP contribution is 2.21. The predicted octanol–water partition coefficient (Wildman–Crippen LogP) is 1.33. The van der Waals surface area contributed by atoms with Crippen molar-refractivity contribution in [2.75, 3.05) is 44.3 Å². The molecule has 2 saturated heterocycles. The van der Waals surface area contributed by atoms with Gasteiger partial charge in [-0.3, -0.25) is 4.79 Å². The maximum absolute atomic E-state index is 11.4. The molecule has 1 unspecified atom stereocenters. The lowest BCUT2D eigenvalue weighted by atomic mass is 10.0. The van der Waals surface area contributed by atoms with Crippen LogP contribution in [-0.2, 0) is 16.0 Å². The van der Waals surface area contributed by atoms with Gasteiger partial charge in [-0.25, -0.2) is 4.98 Å². The lowest BCUT2D eigenvalue weighted by Crippen LogP contribution is -2.36. The highest BCUT2D eigenvalue weighted by atomic mass is 16.5. The smallest absolute Gasteiger partial charge is 0.219 e. The molecule has 5 heteroatoms. The molecule has 2 aliphatic rings. The Hall–Kier alpha value is -1.62. The van der Waals surface area contributed by atoms with Gasteiger partial charge in [-0.15, -0.1) is 0 Å². The Morgan fingerprint density at radius 2 is 2.14 bits per heavy atom. The van der Waals surface area contributed by atoms with E-state index in [2.05, 4.69) is 23.1 Å². The number of morpholine rings is 1. The number of carbonyl (C=O) groups is 1. The van der Waals surface area contributed by atoms with Crippen molar-refractivity contribution in [1.29, 1.82) is 0 Å². The zero-order chi connectivity index (χ0) is 14.7. The molecular formula is C16H23N3O2. The van der Waals surface area contributed by atoms with Crippen molar-refractivity contribution in [2.45, 2.75) is 19.8 Å². The van der Waals surface area contributed by atoms with E-state index in [1.54, 1.807) is 6.92 Å². The summed E-state index contributed by atoms with van der Waals surface area (Å²) in [7, 11) is 0. The molecule has 1 amide bonds. The van der Waals surface area contributed by atoms with Crippen LogP contribution in [0.2, 0.25) is 0 Å². The summed E-state index contributed by atoms with van der Waals surface area (Å²) in [6.07, 6.45) is 2.05. The van der Waals surface area contributed by atoms with Crippen LogP contribution in [0.25, 0.3) is 0 Å². The molecule has 0 saturated carbocycles. The van der Waals surface area contributed by atoms with Crippen LogP contribution in [0.3, 0.4) is 0 Å². The van der Waals surface area contributed by atoms with Gasteiger partial charge in [0.25, 0.3) is 0 Å². The Bertz CT molecular complexity index is 500. The minimum atomic E-state index is 0.188. The summed E-state index contributed by atoms with van der Waals surface area (Å²) in [5.41, 5.74) is 1.13. The van der Waals surface area contributed by atoms with Crippen LogP contribution in [0.15, 0.2) is 18.2 Å². The molecule has 1 atom stereocenters. The molecule has 21 heavy (non-hydrogen) atoms. The van der Waals surface area contributed by atoms with E-state index in [4.69, 9.17) is 9.72 Å². The number of nitrogens with zero attached hydrogens (tertiary/aromatic N) is 3. The Morgan fingerprint density at radius 3 is 2.86 bits per heavy atom. The second kappa shape index (κ2) is 6.43. The number of ether oxygens (including phenoxy) is 1. The fraction of sp³-hybridized carbons (Fsp3) is 0.625. The molecule has 0 N–H and O–H groups in total. The summed E-state index contributed by atoms with van der Waals surface area (Å²) in [5, 5.41) is 0. The molecule has 0 bridgehead atoms. The van der Waals surface area contributed by atoms with E-state index in [1.165, 1.54) is 0 Å². The molecule has 1 aromatic rings. The lowest BCUT2D eigenvalue weighted by Gasteiger charge is -2.28. The molecule has 3 heterocycles. The Balaban J connectivity index is 1.62.